The highest BCUT2D eigenvalue weighted by atomic mass is 16.7. The zero-order valence-electron chi connectivity index (χ0n) is 11.4. The number of hydrogen-bond acceptors (Lipinski definition) is 3. The topological polar surface area (TPSA) is 35.5 Å². The van der Waals surface area contributed by atoms with E-state index >= 15 is 0 Å². The summed E-state index contributed by atoms with van der Waals surface area (Å²) in [6, 6.07) is 7.47. The molecular weight excluding hydrogens is 228 g/mol. The van der Waals surface area contributed by atoms with E-state index in [4.69, 9.17) is 9.47 Å². The standard InChI is InChI=1S/C15H22O3/c1-4-10-17-15(18-11-5-2)14(16)13-8-6-12(3)7-9-13/h6-9,15H,4-5,10-11H2,1-3H3. The first-order valence-electron chi connectivity index (χ1n) is 6.53. The predicted octanol–water partition coefficient (Wildman–Crippen LogP) is 3.36. The lowest BCUT2D eigenvalue weighted by Gasteiger charge is -2.17. The molecule has 0 unspecified atom stereocenters. The minimum absolute atomic E-state index is 0.100. The first-order valence-corrected chi connectivity index (χ1v) is 6.53. The molecule has 0 heterocycles. The van der Waals surface area contributed by atoms with E-state index in [9.17, 15) is 4.79 Å². The van der Waals surface area contributed by atoms with Crippen molar-refractivity contribution >= 4 is 5.78 Å². The van der Waals surface area contributed by atoms with Crippen molar-refractivity contribution < 1.29 is 14.3 Å². The fourth-order valence-electron chi connectivity index (χ4n) is 1.50. The Morgan fingerprint density at radius 3 is 2.00 bits per heavy atom. The van der Waals surface area contributed by atoms with Crippen molar-refractivity contribution in [3.63, 3.8) is 0 Å². The molecule has 1 aromatic carbocycles. The molecule has 0 spiro atoms. The lowest BCUT2D eigenvalue weighted by molar-refractivity contribution is -0.114. The molecule has 0 saturated heterocycles. The van der Waals surface area contributed by atoms with Gasteiger partial charge in [0, 0.05) is 18.8 Å². The van der Waals surface area contributed by atoms with Crippen LogP contribution in [0.1, 0.15) is 42.6 Å². The zero-order valence-corrected chi connectivity index (χ0v) is 11.4. The van der Waals surface area contributed by atoms with Crippen molar-refractivity contribution in [1.82, 2.24) is 0 Å². The minimum atomic E-state index is -0.771. The lowest BCUT2D eigenvalue weighted by atomic mass is 10.1. The number of ketones is 1. The number of hydrogen-bond donors (Lipinski definition) is 0. The summed E-state index contributed by atoms with van der Waals surface area (Å²) < 4.78 is 10.9. The second-order valence-corrected chi connectivity index (χ2v) is 4.30. The summed E-state index contributed by atoms with van der Waals surface area (Å²) in [5.74, 6) is -0.100. The molecular formula is C15H22O3. The maximum Gasteiger partial charge on any atom is 0.222 e. The second kappa shape index (κ2) is 8.01. The highest BCUT2D eigenvalue weighted by molar-refractivity contribution is 5.98. The van der Waals surface area contributed by atoms with Gasteiger partial charge in [-0.1, -0.05) is 43.7 Å². The molecule has 0 fully saturated rings. The summed E-state index contributed by atoms with van der Waals surface area (Å²) in [5, 5.41) is 0. The molecule has 100 valence electrons. The maximum absolute atomic E-state index is 12.2. The van der Waals surface area contributed by atoms with Crippen molar-refractivity contribution in [3.8, 4) is 0 Å². The second-order valence-electron chi connectivity index (χ2n) is 4.30. The zero-order chi connectivity index (χ0) is 13.4. The number of Topliss-reactive ketones (excluding diaryl/α,β-unsaturated/α-hetero) is 1. The van der Waals surface area contributed by atoms with Crippen LogP contribution in [0.5, 0.6) is 0 Å². The largest absolute Gasteiger partial charge is 0.346 e. The van der Waals surface area contributed by atoms with Gasteiger partial charge in [0.05, 0.1) is 0 Å². The number of carbonyl (C=O) groups excluding carboxylic acids is 1. The maximum atomic E-state index is 12.2. The van der Waals surface area contributed by atoms with E-state index < -0.39 is 6.29 Å². The van der Waals surface area contributed by atoms with Gasteiger partial charge in [-0.15, -0.1) is 0 Å². The van der Waals surface area contributed by atoms with Gasteiger partial charge >= 0.3 is 0 Å². The van der Waals surface area contributed by atoms with Crippen molar-refractivity contribution in [1.29, 1.82) is 0 Å². The molecule has 1 aromatic rings. The first kappa shape index (κ1) is 14.9. The molecule has 3 nitrogen and oxygen atoms in total. The average Bonchev–Trinajstić information content (AvgIpc) is 2.39. The van der Waals surface area contributed by atoms with Gasteiger partial charge in [0.2, 0.25) is 12.1 Å². The van der Waals surface area contributed by atoms with Crippen LogP contribution in [0.15, 0.2) is 24.3 Å². The molecule has 0 saturated carbocycles. The SMILES string of the molecule is CCCOC(OCCC)C(=O)c1ccc(C)cc1. The molecule has 0 aromatic heterocycles. The highest BCUT2D eigenvalue weighted by Crippen LogP contribution is 2.10. The van der Waals surface area contributed by atoms with E-state index in [1.54, 1.807) is 0 Å². The molecule has 0 amide bonds. The lowest BCUT2D eigenvalue weighted by Crippen LogP contribution is -2.28. The number of benzene rings is 1. The average molecular weight is 250 g/mol. The van der Waals surface area contributed by atoms with E-state index in [1.165, 1.54) is 0 Å². The van der Waals surface area contributed by atoms with Gasteiger partial charge in [-0.3, -0.25) is 4.79 Å². The van der Waals surface area contributed by atoms with E-state index in [-0.39, 0.29) is 5.78 Å². The van der Waals surface area contributed by atoms with Crippen LogP contribution in [0, 0.1) is 6.92 Å². The number of aryl methyl sites for hydroxylation is 1. The molecule has 18 heavy (non-hydrogen) atoms. The first-order chi connectivity index (χ1) is 8.69. The Balaban J connectivity index is 2.70. The van der Waals surface area contributed by atoms with Crippen molar-refractivity contribution in [2.45, 2.75) is 39.9 Å². The third-order valence-corrected chi connectivity index (χ3v) is 2.50. The minimum Gasteiger partial charge on any atom is -0.346 e. The van der Waals surface area contributed by atoms with Crippen molar-refractivity contribution in [2.75, 3.05) is 13.2 Å². The van der Waals surface area contributed by atoms with Gasteiger partial charge in [-0.25, -0.2) is 0 Å². The quantitative estimate of drug-likeness (QED) is 0.524. The smallest absolute Gasteiger partial charge is 0.222 e. The van der Waals surface area contributed by atoms with Gasteiger partial charge in [0.1, 0.15) is 0 Å². The summed E-state index contributed by atoms with van der Waals surface area (Å²) in [4.78, 5) is 12.2. The number of rotatable bonds is 8. The Kier molecular flexibility index (Phi) is 6.61. The molecule has 0 radical (unpaired) electrons. The molecule has 0 aliphatic carbocycles. The van der Waals surface area contributed by atoms with Crippen LogP contribution in [0.25, 0.3) is 0 Å². The Labute approximate surface area is 109 Å². The van der Waals surface area contributed by atoms with Crippen LogP contribution in [-0.4, -0.2) is 25.3 Å². The van der Waals surface area contributed by atoms with Crippen LogP contribution >= 0.6 is 0 Å². The Bertz CT molecular complexity index is 349. The van der Waals surface area contributed by atoms with Crippen LogP contribution in [-0.2, 0) is 9.47 Å². The van der Waals surface area contributed by atoms with Gasteiger partial charge < -0.3 is 9.47 Å². The normalized spacial score (nSPS) is 10.9. The van der Waals surface area contributed by atoms with Gasteiger partial charge in [-0.05, 0) is 19.8 Å². The Morgan fingerprint density at radius 1 is 1.06 bits per heavy atom. The van der Waals surface area contributed by atoms with E-state index in [2.05, 4.69) is 0 Å². The van der Waals surface area contributed by atoms with Crippen LogP contribution in [0.4, 0.5) is 0 Å². The molecule has 1 rings (SSSR count). The summed E-state index contributed by atoms with van der Waals surface area (Å²) in [6.45, 7) is 7.07. The van der Waals surface area contributed by atoms with E-state index in [0.717, 1.165) is 18.4 Å². The molecule has 0 aliphatic rings. The summed E-state index contributed by atoms with van der Waals surface area (Å²) in [7, 11) is 0. The van der Waals surface area contributed by atoms with Crippen LogP contribution in [0.2, 0.25) is 0 Å². The molecule has 0 atom stereocenters. The molecule has 3 heteroatoms. The molecule has 0 N–H and O–H groups in total. The van der Waals surface area contributed by atoms with E-state index in [0.29, 0.717) is 18.8 Å². The van der Waals surface area contributed by atoms with Crippen molar-refractivity contribution in [2.24, 2.45) is 0 Å². The van der Waals surface area contributed by atoms with Gasteiger partial charge in [0.15, 0.2) is 0 Å². The summed E-state index contributed by atoms with van der Waals surface area (Å²) in [6.07, 6.45) is 0.966. The van der Waals surface area contributed by atoms with Gasteiger partial charge in [0.25, 0.3) is 0 Å². The number of carbonyl (C=O) groups is 1. The van der Waals surface area contributed by atoms with Crippen LogP contribution < -0.4 is 0 Å². The van der Waals surface area contributed by atoms with Crippen molar-refractivity contribution in [3.05, 3.63) is 35.4 Å². The third-order valence-electron chi connectivity index (χ3n) is 2.50. The molecule has 0 bridgehead atoms. The Hall–Kier alpha value is -1.19. The fourth-order valence-corrected chi connectivity index (χ4v) is 1.50. The Morgan fingerprint density at radius 2 is 1.56 bits per heavy atom. The molecule has 0 aliphatic heterocycles. The predicted molar refractivity (Wildman–Crippen MR) is 71.8 cm³/mol. The summed E-state index contributed by atoms with van der Waals surface area (Å²) >= 11 is 0. The third kappa shape index (κ3) is 4.59. The van der Waals surface area contributed by atoms with Crippen LogP contribution in [0.3, 0.4) is 0 Å². The number of ether oxygens (including phenoxy) is 2. The fraction of sp³-hybridized carbons (Fsp3) is 0.533. The van der Waals surface area contributed by atoms with Gasteiger partial charge in [-0.2, -0.15) is 0 Å². The van der Waals surface area contributed by atoms with E-state index in [1.807, 2.05) is 45.0 Å². The monoisotopic (exact) mass is 250 g/mol. The summed E-state index contributed by atoms with van der Waals surface area (Å²) in [5.41, 5.74) is 1.77. The highest BCUT2D eigenvalue weighted by Gasteiger charge is 2.20.